The Hall–Kier alpha value is -3.69. The molecule has 220 valence electrons. The summed E-state index contributed by atoms with van der Waals surface area (Å²) >= 11 is 0. The molecule has 11 nitrogen and oxygen atoms in total. The molecule has 1 aliphatic heterocycles. The van der Waals surface area contributed by atoms with Crippen LogP contribution in [0.4, 0.5) is 30.8 Å². The third kappa shape index (κ3) is 5.87. The first-order valence-electron chi connectivity index (χ1n) is 12.4. The van der Waals surface area contributed by atoms with Gasteiger partial charge in [0, 0.05) is 36.9 Å². The van der Waals surface area contributed by atoms with Gasteiger partial charge in [0.1, 0.15) is 29.4 Å². The van der Waals surface area contributed by atoms with Gasteiger partial charge in [0.15, 0.2) is 0 Å². The lowest BCUT2D eigenvalue weighted by Gasteiger charge is -2.38. The Bertz CT molecular complexity index is 1680. The van der Waals surface area contributed by atoms with Crippen LogP contribution in [0.15, 0.2) is 53.8 Å². The minimum Gasteiger partial charge on any atom is -0.363 e. The number of sulfone groups is 1. The average molecular weight is 610 g/mol. The van der Waals surface area contributed by atoms with Crippen LogP contribution in [0, 0.1) is 11.6 Å². The van der Waals surface area contributed by atoms with E-state index >= 15 is 4.39 Å². The van der Waals surface area contributed by atoms with E-state index in [1.807, 2.05) is 0 Å². The number of rotatable bonds is 9. The molecule has 0 N–H and O–H groups in total. The summed E-state index contributed by atoms with van der Waals surface area (Å²) in [5, 5.41) is -1.58. The predicted molar refractivity (Wildman–Crippen MR) is 149 cm³/mol. The monoisotopic (exact) mass is 609 g/mol. The van der Waals surface area contributed by atoms with Gasteiger partial charge in [-0.2, -0.15) is 0 Å². The second-order valence-electron chi connectivity index (χ2n) is 9.75. The molecule has 0 saturated carbocycles. The predicted octanol–water partition coefficient (Wildman–Crippen LogP) is 4.01. The number of fused-ring (bicyclic) bond motifs is 1. The van der Waals surface area contributed by atoms with Crippen molar-refractivity contribution in [1.82, 2.24) is 9.97 Å². The first kappa shape index (κ1) is 30.3. The number of carbonyl (C=O) groups is 1. The molecule has 0 radical (unpaired) electrons. The molecule has 1 atom stereocenters. The topological polar surface area (TPSA) is 130 Å². The number of aromatic nitrogens is 2. The summed E-state index contributed by atoms with van der Waals surface area (Å²) in [7, 11) is -6.71. The highest BCUT2D eigenvalue weighted by molar-refractivity contribution is 7.93. The fraction of sp³-hybridized carbons (Fsp3) is 0.346. The molecular formula is C26H29F2N5O6S2. The van der Waals surface area contributed by atoms with E-state index in [2.05, 4.69) is 9.97 Å². The summed E-state index contributed by atoms with van der Waals surface area (Å²) in [6, 6.07) is 7.59. The molecule has 3 aromatic rings. The molecule has 2 amide bonds. The van der Waals surface area contributed by atoms with E-state index in [0.717, 1.165) is 28.8 Å². The van der Waals surface area contributed by atoms with Gasteiger partial charge in [-0.1, -0.05) is 12.1 Å². The summed E-state index contributed by atoms with van der Waals surface area (Å²) in [5.74, 6) is -1.32. The zero-order chi connectivity index (χ0) is 30.3. The van der Waals surface area contributed by atoms with Gasteiger partial charge in [0.2, 0.25) is 25.0 Å². The van der Waals surface area contributed by atoms with Crippen LogP contribution < -0.4 is 14.1 Å². The number of urea groups is 1. The van der Waals surface area contributed by atoms with Gasteiger partial charge in [0.25, 0.3) is 0 Å². The SMILES string of the molecule is COCN(c1ccc(N2Cc3cnc(S(C)(=O)=O)nc3N(C(C)C)C2=O)cc1F)S(=O)(=O)C(C)c1ccc(F)cc1. The number of benzene rings is 2. The highest BCUT2D eigenvalue weighted by Crippen LogP contribution is 2.36. The van der Waals surface area contributed by atoms with E-state index in [1.165, 1.54) is 54.3 Å². The fourth-order valence-corrected chi connectivity index (χ4v) is 6.42. The lowest BCUT2D eigenvalue weighted by Crippen LogP contribution is -2.51. The summed E-state index contributed by atoms with van der Waals surface area (Å²) in [5.41, 5.74) is 0.557. The van der Waals surface area contributed by atoms with Crippen LogP contribution in [0.2, 0.25) is 0 Å². The number of ether oxygens (including phenoxy) is 1. The molecule has 41 heavy (non-hydrogen) atoms. The maximum atomic E-state index is 15.6. The Kier molecular flexibility index (Phi) is 8.34. The van der Waals surface area contributed by atoms with Crippen molar-refractivity contribution in [1.29, 1.82) is 0 Å². The van der Waals surface area contributed by atoms with Crippen LogP contribution in [0.25, 0.3) is 0 Å². The molecular weight excluding hydrogens is 580 g/mol. The average Bonchev–Trinajstić information content (AvgIpc) is 2.90. The van der Waals surface area contributed by atoms with Crippen LogP contribution in [-0.4, -0.2) is 59.0 Å². The Labute approximate surface area is 237 Å². The lowest BCUT2D eigenvalue weighted by molar-refractivity contribution is 0.209. The highest BCUT2D eigenvalue weighted by atomic mass is 32.2. The number of anilines is 3. The van der Waals surface area contributed by atoms with Crippen molar-refractivity contribution in [2.45, 2.75) is 43.8 Å². The van der Waals surface area contributed by atoms with Gasteiger partial charge >= 0.3 is 6.03 Å². The molecule has 2 heterocycles. The molecule has 0 aliphatic carbocycles. The maximum absolute atomic E-state index is 15.6. The first-order chi connectivity index (χ1) is 19.2. The Balaban J connectivity index is 1.71. The molecule has 0 spiro atoms. The van der Waals surface area contributed by atoms with E-state index in [9.17, 15) is 26.0 Å². The van der Waals surface area contributed by atoms with Gasteiger partial charge in [-0.05, 0) is 56.7 Å². The minimum absolute atomic E-state index is 0.0814. The number of amides is 2. The zero-order valence-corrected chi connectivity index (χ0v) is 24.6. The lowest BCUT2D eigenvalue weighted by atomic mass is 10.1. The number of halogens is 2. The molecule has 0 bridgehead atoms. The number of methoxy groups -OCH3 is 1. The molecule has 2 aromatic carbocycles. The van der Waals surface area contributed by atoms with E-state index in [-0.39, 0.29) is 23.7 Å². The van der Waals surface area contributed by atoms with Crippen LogP contribution in [0.3, 0.4) is 0 Å². The van der Waals surface area contributed by atoms with Gasteiger partial charge in [-0.3, -0.25) is 9.80 Å². The number of carbonyl (C=O) groups excluding carboxylic acids is 1. The largest absolute Gasteiger partial charge is 0.363 e. The van der Waals surface area contributed by atoms with Crippen molar-refractivity contribution in [3.05, 3.63) is 71.4 Å². The quantitative estimate of drug-likeness (QED) is 0.263. The fourth-order valence-electron chi connectivity index (χ4n) is 4.37. The Morgan fingerprint density at radius 3 is 2.27 bits per heavy atom. The summed E-state index contributed by atoms with van der Waals surface area (Å²) < 4.78 is 85.9. The summed E-state index contributed by atoms with van der Waals surface area (Å²) in [6.45, 7) is 4.25. The first-order valence-corrected chi connectivity index (χ1v) is 15.8. The molecule has 0 saturated heterocycles. The molecule has 1 aliphatic rings. The summed E-state index contributed by atoms with van der Waals surface area (Å²) in [4.78, 5) is 24.1. The minimum atomic E-state index is -4.24. The van der Waals surface area contributed by atoms with Crippen LogP contribution in [-0.2, 0) is 31.1 Å². The number of hydrogen-bond acceptors (Lipinski definition) is 8. The molecule has 0 fully saturated rings. The van der Waals surface area contributed by atoms with Gasteiger partial charge in [0.05, 0.1) is 12.2 Å². The Morgan fingerprint density at radius 2 is 1.71 bits per heavy atom. The Morgan fingerprint density at radius 1 is 1.05 bits per heavy atom. The normalized spacial score (nSPS) is 14.8. The van der Waals surface area contributed by atoms with Gasteiger partial charge in [-0.25, -0.2) is 44.7 Å². The van der Waals surface area contributed by atoms with Crippen LogP contribution >= 0.6 is 0 Å². The van der Waals surface area contributed by atoms with Crippen LogP contribution in [0.5, 0.6) is 0 Å². The van der Waals surface area contributed by atoms with Crippen LogP contribution in [0.1, 0.15) is 37.1 Å². The van der Waals surface area contributed by atoms with Crippen molar-refractivity contribution in [2.75, 3.05) is 34.2 Å². The van der Waals surface area contributed by atoms with Crippen molar-refractivity contribution < 1.29 is 35.1 Å². The van der Waals surface area contributed by atoms with Crippen molar-refractivity contribution in [3.63, 3.8) is 0 Å². The summed E-state index contributed by atoms with van der Waals surface area (Å²) in [6.07, 6.45) is 2.27. The van der Waals surface area contributed by atoms with Crippen molar-refractivity contribution in [3.8, 4) is 0 Å². The zero-order valence-electron chi connectivity index (χ0n) is 22.9. The van der Waals surface area contributed by atoms with Crippen molar-refractivity contribution >= 4 is 43.1 Å². The van der Waals surface area contributed by atoms with Crippen molar-refractivity contribution in [2.24, 2.45) is 0 Å². The van der Waals surface area contributed by atoms with Gasteiger partial charge < -0.3 is 4.74 Å². The molecule has 1 unspecified atom stereocenters. The van der Waals surface area contributed by atoms with E-state index in [1.54, 1.807) is 13.8 Å². The van der Waals surface area contributed by atoms with E-state index < -0.39 is 60.7 Å². The standard InChI is InChI=1S/C26H29F2N5O6S2/c1-16(2)33-24-19(13-29-25(30-24)40(5,35)36)14-31(26(33)34)21-10-11-23(22(28)12-21)32(15-39-4)41(37,38)17(3)18-6-8-20(27)9-7-18/h6-13,16-17H,14-15H2,1-5H3. The molecule has 4 rings (SSSR count). The number of nitrogens with zero attached hydrogens (tertiary/aromatic N) is 5. The molecule has 1 aromatic heterocycles. The number of hydrogen-bond donors (Lipinski definition) is 0. The van der Waals surface area contributed by atoms with E-state index in [4.69, 9.17) is 4.74 Å². The second kappa shape index (κ2) is 11.3. The number of sulfonamides is 1. The second-order valence-corrected chi connectivity index (χ2v) is 13.8. The maximum Gasteiger partial charge on any atom is 0.330 e. The van der Waals surface area contributed by atoms with E-state index in [0.29, 0.717) is 11.1 Å². The molecule has 15 heteroatoms. The smallest absolute Gasteiger partial charge is 0.330 e. The highest BCUT2D eigenvalue weighted by Gasteiger charge is 2.37. The van der Waals surface area contributed by atoms with Gasteiger partial charge in [-0.15, -0.1) is 0 Å². The third-order valence-electron chi connectivity index (χ3n) is 6.51. The third-order valence-corrected chi connectivity index (χ3v) is 9.45.